The molecule has 1 heterocycles. The van der Waals surface area contributed by atoms with Crippen molar-refractivity contribution in [2.45, 2.75) is 83.4 Å². The summed E-state index contributed by atoms with van der Waals surface area (Å²) in [6.45, 7) is 21.5. The van der Waals surface area contributed by atoms with Crippen molar-refractivity contribution in [1.82, 2.24) is 0 Å². The van der Waals surface area contributed by atoms with Crippen LogP contribution in [0.2, 0.25) is 0 Å². The molecule has 1 aliphatic rings. The predicted molar refractivity (Wildman–Crippen MR) is 104 cm³/mol. The van der Waals surface area contributed by atoms with Crippen LogP contribution in [0.4, 0.5) is 0 Å². The van der Waals surface area contributed by atoms with Crippen molar-refractivity contribution in [1.29, 1.82) is 0 Å². The van der Waals surface area contributed by atoms with Crippen LogP contribution in [0.5, 0.6) is 5.75 Å². The molecule has 1 nitrogen and oxygen atoms in total. The monoisotopic (exact) mass is 338 g/mol. The maximum absolute atomic E-state index is 6.62. The number of benzene rings is 1. The average Bonchev–Trinajstić information content (AvgIpc) is 2.61. The number of ether oxygens (including phenoxy) is 1. The van der Waals surface area contributed by atoms with E-state index in [0.29, 0.717) is 5.59 Å². The molecule has 1 aromatic rings. The molecule has 124 valence electrons. The van der Waals surface area contributed by atoms with Crippen LogP contribution in [0.25, 0.3) is 0 Å². The minimum atomic E-state index is -0.327. The molecule has 2 atom stereocenters. The van der Waals surface area contributed by atoms with Crippen molar-refractivity contribution in [3.63, 3.8) is 0 Å². The maximum Gasteiger partial charge on any atom is 0.140 e. The summed E-state index contributed by atoms with van der Waals surface area (Å²) in [6.07, 6.45) is 0. The Bertz CT molecular complexity index is 518. The number of rotatable bonds is 1. The van der Waals surface area contributed by atoms with Gasteiger partial charge in [0.05, 0.1) is 0 Å². The highest BCUT2D eigenvalue weighted by molar-refractivity contribution is 7.82. The molecule has 0 saturated heterocycles. The molecule has 0 aromatic heterocycles. The first-order chi connectivity index (χ1) is 9.83. The van der Waals surface area contributed by atoms with E-state index in [1.54, 1.807) is 0 Å². The summed E-state index contributed by atoms with van der Waals surface area (Å²) in [5.41, 5.74) is 0.363. The number of fused-ring (bicyclic) bond motifs is 1. The van der Waals surface area contributed by atoms with Crippen molar-refractivity contribution in [2.24, 2.45) is 0 Å². The van der Waals surface area contributed by atoms with Crippen molar-refractivity contribution in [3.05, 3.63) is 24.3 Å². The molecule has 0 saturated carbocycles. The minimum Gasteiger partial charge on any atom is -0.481 e. The summed E-state index contributed by atoms with van der Waals surface area (Å²) in [6, 6.07) is 8.73. The lowest BCUT2D eigenvalue weighted by molar-refractivity contribution is 0.359. The first-order valence-corrected chi connectivity index (χ1v) is 11.0. The van der Waals surface area contributed by atoms with Crippen molar-refractivity contribution in [3.8, 4) is 5.75 Å². The maximum atomic E-state index is 6.62. The molecule has 0 unspecified atom stereocenters. The van der Waals surface area contributed by atoms with Gasteiger partial charge < -0.3 is 4.74 Å². The zero-order chi connectivity index (χ0) is 16.9. The van der Waals surface area contributed by atoms with E-state index in [9.17, 15) is 0 Å². The molecule has 22 heavy (non-hydrogen) atoms. The second kappa shape index (κ2) is 5.75. The van der Waals surface area contributed by atoms with Crippen LogP contribution in [0.15, 0.2) is 24.3 Å². The summed E-state index contributed by atoms with van der Waals surface area (Å²) < 4.78 is 6.62. The molecule has 0 amide bonds. The van der Waals surface area contributed by atoms with Gasteiger partial charge in [0, 0.05) is 5.30 Å². The molecule has 2 rings (SSSR count). The van der Waals surface area contributed by atoms with Crippen LogP contribution < -0.4 is 10.0 Å². The smallest absolute Gasteiger partial charge is 0.140 e. The molecule has 0 aliphatic carbocycles. The molecule has 0 radical (unpaired) electrons. The molecule has 3 heteroatoms. The lowest BCUT2D eigenvalue weighted by atomic mass is 10.2. The van der Waals surface area contributed by atoms with Gasteiger partial charge >= 0.3 is 0 Å². The van der Waals surface area contributed by atoms with Gasteiger partial charge in [0.15, 0.2) is 0 Å². The average molecular weight is 338 g/mol. The summed E-state index contributed by atoms with van der Waals surface area (Å²) in [5, 5.41) is 2.30. The lowest BCUT2D eigenvalue weighted by Crippen LogP contribution is -2.35. The number of para-hydroxylation sites is 1. The molecule has 0 N–H and O–H groups in total. The molecule has 1 aromatic carbocycles. The van der Waals surface area contributed by atoms with Gasteiger partial charge in [-0.05, 0) is 37.4 Å². The first-order valence-electron chi connectivity index (χ1n) is 8.18. The largest absolute Gasteiger partial charge is 0.481 e. The summed E-state index contributed by atoms with van der Waals surface area (Å²) in [7, 11) is -0.614. The van der Waals surface area contributed by atoms with E-state index in [2.05, 4.69) is 86.6 Å². The Labute approximate surface area is 139 Å². The Kier molecular flexibility index (Phi) is 4.76. The van der Waals surface area contributed by atoms with Crippen LogP contribution in [0.3, 0.4) is 0 Å². The highest BCUT2D eigenvalue weighted by atomic mass is 31.2. The summed E-state index contributed by atoms with van der Waals surface area (Å²) in [4.78, 5) is 0. The van der Waals surface area contributed by atoms with Gasteiger partial charge in [0.1, 0.15) is 11.3 Å². The van der Waals surface area contributed by atoms with E-state index in [4.69, 9.17) is 4.74 Å². The van der Waals surface area contributed by atoms with Crippen LogP contribution in [-0.2, 0) is 0 Å². The Morgan fingerprint density at radius 2 is 1.36 bits per heavy atom. The minimum absolute atomic E-state index is 0.268. The van der Waals surface area contributed by atoms with Gasteiger partial charge in [0.2, 0.25) is 0 Å². The lowest BCUT2D eigenvalue weighted by Gasteiger charge is -2.48. The molecule has 0 bridgehead atoms. The molecule has 1 aliphatic heterocycles. The Balaban J connectivity index is 2.55. The third-order valence-corrected chi connectivity index (χ3v) is 11.7. The second-order valence-corrected chi connectivity index (χ2v) is 16.5. The molecule has 0 spiro atoms. The quantitative estimate of drug-likeness (QED) is 0.542. The van der Waals surface area contributed by atoms with Gasteiger partial charge in [0.25, 0.3) is 0 Å². The predicted octanol–water partition coefficient (Wildman–Crippen LogP) is 6.35. The Hall–Kier alpha value is -0.120. The standard InChI is InChI=1S/C19H32OP2/c1-17(2,3)21-15-13-11-10-12-14(15)20-16(21)22(18(4,5)6)19(7,8)9/h10-13,16H,1-9H3/t16-,21+/m1/s1. The summed E-state index contributed by atoms with van der Waals surface area (Å²) in [5.74, 6) is 1.13. The number of hydrogen-bond acceptors (Lipinski definition) is 1. The van der Waals surface area contributed by atoms with E-state index in [1.807, 2.05) is 0 Å². The zero-order valence-electron chi connectivity index (χ0n) is 15.7. The van der Waals surface area contributed by atoms with Crippen molar-refractivity contribution >= 4 is 21.1 Å². The number of hydrogen-bond donors (Lipinski definition) is 0. The van der Waals surface area contributed by atoms with Gasteiger partial charge in [-0.3, -0.25) is 0 Å². The van der Waals surface area contributed by atoms with E-state index < -0.39 is 0 Å². The van der Waals surface area contributed by atoms with E-state index in [-0.39, 0.29) is 31.3 Å². The van der Waals surface area contributed by atoms with Gasteiger partial charge in [-0.15, -0.1) is 0 Å². The summed E-state index contributed by atoms with van der Waals surface area (Å²) >= 11 is 0. The van der Waals surface area contributed by atoms with Crippen molar-refractivity contribution < 1.29 is 4.74 Å². The first kappa shape index (κ1) is 18.2. The zero-order valence-corrected chi connectivity index (χ0v) is 17.5. The second-order valence-electron chi connectivity index (χ2n) is 9.16. The van der Waals surface area contributed by atoms with Crippen molar-refractivity contribution in [2.75, 3.05) is 0 Å². The molecule has 0 fully saturated rings. The highest BCUT2D eigenvalue weighted by Crippen LogP contribution is 2.75. The van der Waals surface area contributed by atoms with Crippen LogP contribution in [-0.4, -0.2) is 21.1 Å². The molecular formula is C19H32OP2. The van der Waals surface area contributed by atoms with Gasteiger partial charge in [-0.25, -0.2) is 0 Å². The van der Waals surface area contributed by atoms with E-state index >= 15 is 0 Å². The Morgan fingerprint density at radius 1 is 0.864 bits per heavy atom. The fourth-order valence-corrected chi connectivity index (χ4v) is 14.0. The fraction of sp³-hybridized carbons (Fsp3) is 0.684. The van der Waals surface area contributed by atoms with E-state index in [1.165, 1.54) is 5.30 Å². The topological polar surface area (TPSA) is 9.23 Å². The highest BCUT2D eigenvalue weighted by Gasteiger charge is 2.51. The fourth-order valence-electron chi connectivity index (χ4n) is 3.57. The van der Waals surface area contributed by atoms with E-state index in [0.717, 1.165) is 5.75 Å². The SMILES string of the molecule is CC(C)(C)P([C@@H]1Oc2ccccc2[P@]1C(C)(C)C)C(C)(C)C. The molecular weight excluding hydrogens is 306 g/mol. The third-order valence-electron chi connectivity index (χ3n) is 3.97. The van der Waals surface area contributed by atoms with Crippen LogP contribution >= 0.6 is 15.8 Å². The normalized spacial score (nSPS) is 22.6. The van der Waals surface area contributed by atoms with Gasteiger partial charge in [-0.2, -0.15) is 0 Å². The Morgan fingerprint density at radius 3 is 1.82 bits per heavy atom. The van der Waals surface area contributed by atoms with Crippen LogP contribution in [0.1, 0.15) is 62.3 Å². The van der Waals surface area contributed by atoms with Gasteiger partial charge in [-0.1, -0.05) is 80.5 Å². The van der Waals surface area contributed by atoms with Crippen LogP contribution in [0, 0.1) is 0 Å². The third kappa shape index (κ3) is 3.52.